The van der Waals surface area contributed by atoms with E-state index in [1.165, 1.54) is 0 Å². The highest BCUT2D eigenvalue weighted by molar-refractivity contribution is 14.1. The predicted molar refractivity (Wildman–Crippen MR) is 86.2 cm³/mol. The van der Waals surface area contributed by atoms with E-state index < -0.39 is 20.1 Å². The molecule has 2 N–H and O–H groups in total. The zero-order chi connectivity index (χ0) is 14.6. The third-order valence-electron chi connectivity index (χ3n) is 2.51. The Morgan fingerprint density at radius 2 is 2.00 bits per heavy atom. The van der Waals surface area contributed by atoms with Crippen LogP contribution in [0.5, 0.6) is 0 Å². The number of benzene rings is 1. The molecule has 0 aliphatic heterocycles. The van der Waals surface area contributed by atoms with Gasteiger partial charge in [0.25, 0.3) is 5.91 Å². The number of aliphatic carboxylic acids is 1. The zero-order valence-corrected chi connectivity index (χ0v) is 14.4. The Bertz CT molecular complexity index is 485. The maximum atomic E-state index is 12.0. The lowest BCUT2D eigenvalue weighted by Gasteiger charge is -2.22. The minimum atomic E-state index is -1.56. The summed E-state index contributed by atoms with van der Waals surface area (Å²) in [6, 6.07) is 6.81. The molecule has 1 aromatic rings. The highest BCUT2D eigenvalue weighted by Gasteiger charge is 2.27. The summed E-state index contributed by atoms with van der Waals surface area (Å²) in [6.07, 6.45) is 0. The second-order valence-corrected chi connectivity index (χ2v) is 12.4. The van der Waals surface area contributed by atoms with Crippen molar-refractivity contribution in [3.63, 3.8) is 0 Å². The third-order valence-corrected chi connectivity index (χ3v) is 4.81. The maximum absolute atomic E-state index is 12.0. The number of carboxylic acids is 1. The second kappa shape index (κ2) is 6.51. The fourth-order valence-electron chi connectivity index (χ4n) is 1.68. The van der Waals surface area contributed by atoms with Crippen LogP contribution >= 0.6 is 22.6 Å². The number of hydrogen-bond donors (Lipinski definition) is 2. The maximum Gasteiger partial charge on any atom is 0.325 e. The van der Waals surface area contributed by atoms with Gasteiger partial charge >= 0.3 is 5.97 Å². The van der Waals surface area contributed by atoms with Crippen molar-refractivity contribution in [2.75, 3.05) is 0 Å². The molecule has 4 nitrogen and oxygen atoms in total. The lowest BCUT2D eigenvalue weighted by Crippen LogP contribution is -2.45. The molecule has 1 rings (SSSR count). The first kappa shape index (κ1) is 16.2. The first-order valence-electron chi connectivity index (χ1n) is 5.98. The molecular formula is C13H18INO3Si. The Labute approximate surface area is 127 Å². The molecule has 0 saturated heterocycles. The van der Waals surface area contributed by atoms with E-state index in [2.05, 4.69) is 47.5 Å². The van der Waals surface area contributed by atoms with Crippen LogP contribution in [0.2, 0.25) is 25.7 Å². The van der Waals surface area contributed by atoms with E-state index in [0.717, 1.165) is 3.57 Å². The van der Waals surface area contributed by atoms with E-state index in [1.807, 2.05) is 6.07 Å². The number of rotatable bonds is 5. The summed E-state index contributed by atoms with van der Waals surface area (Å²) in [5.74, 6) is -1.30. The Morgan fingerprint density at radius 1 is 1.37 bits per heavy atom. The molecular weight excluding hydrogens is 373 g/mol. The molecule has 0 saturated carbocycles. The predicted octanol–water partition coefficient (Wildman–Crippen LogP) is 2.81. The fourth-order valence-corrected chi connectivity index (χ4v) is 3.73. The van der Waals surface area contributed by atoms with Crippen LogP contribution in [0, 0.1) is 3.57 Å². The number of nitrogens with one attached hydrogen (secondary N) is 1. The van der Waals surface area contributed by atoms with Crippen molar-refractivity contribution in [3.8, 4) is 0 Å². The summed E-state index contributed by atoms with van der Waals surface area (Å²) in [7, 11) is -1.56. The standard InChI is InChI=1S/C13H18INO3Si/c1-19(2,3)8-11(13(17)18)15-12(16)9-5-4-6-10(14)7-9/h4-7,11H,8H2,1-3H3,(H,15,16)(H,17,18). The molecule has 0 bridgehead atoms. The topological polar surface area (TPSA) is 66.4 Å². The smallest absolute Gasteiger partial charge is 0.325 e. The molecule has 0 radical (unpaired) electrons. The van der Waals surface area contributed by atoms with Crippen molar-refractivity contribution in [2.45, 2.75) is 31.7 Å². The molecule has 6 heteroatoms. The van der Waals surface area contributed by atoms with Crippen molar-refractivity contribution in [2.24, 2.45) is 0 Å². The van der Waals surface area contributed by atoms with Crippen molar-refractivity contribution < 1.29 is 14.7 Å². The van der Waals surface area contributed by atoms with Gasteiger partial charge in [-0.15, -0.1) is 0 Å². The summed E-state index contributed by atoms with van der Waals surface area (Å²) in [6.45, 7) is 6.25. The largest absolute Gasteiger partial charge is 0.480 e. The summed E-state index contributed by atoms with van der Waals surface area (Å²) in [4.78, 5) is 23.3. The summed E-state index contributed by atoms with van der Waals surface area (Å²) in [5.41, 5.74) is 0.494. The van der Waals surface area contributed by atoms with Crippen LogP contribution in [0.3, 0.4) is 0 Å². The zero-order valence-electron chi connectivity index (χ0n) is 11.2. The molecule has 1 unspecified atom stereocenters. The molecule has 1 atom stereocenters. The van der Waals surface area contributed by atoms with Gasteiger partial charge in [-0.1, -0.05) is 25.7 Å². The van der Waals surface area contributed by atoms with Gasteiger partial charge < -0.3 is 10.4 Å². The van der Waals surface area contributed by atoms with E-state index in [4.69, 9.17) is 0 Å². The highest BCUT2D eigenvalue weighted by Crippen LogP contribution is 2.13. The van der Waals surface area contributed by atoms with E-state index in [9.17, 15) is 14.7 Å². The molecule has 19 heavy (non-hydrogen) atoms. The number of amides is 1. The van der Waals surface area contributed by atoms with Gasteiger partial charge in [-0.05, 0) is 46.8 Å². The van der Waals surface area contributed by atoms with E-state index in [1.54, 1.807) is 18.2 Å². The van der Waals surface area contributed by atoms with Gasteiger partial charge in [-0.25, -0.2) is 0 Å². The molecule has 0 aromatic heterocycles. The van der Waals surface area contributed by atoms with Gasteiger partial charge in [-0.2, -0.15) is 0 Å². The quantitative estimate of drug-likeness (QED) is 0.599. The Kier molecular flexibility index (Phi) is 5.54. The van der Waals surface area contributed by atoms with Gasteiger partial charge in [0.05, 0.1) is 0 Å². The molecule has 0 heterocycles. The normalized spacial score (nSPS) is 12.8. The molecule has 1 aromatic carbocycles. The van der Waals surface area contributed by atoms with E-state index in [-0.39, 0.29) is 5.91 Å². The first-order valence-corrected chi connectivity index (χ1v) is 10.8. The lowest BCUT2D eigenvalue weighted by molar-refractivity contribution is -0.138. The lowest BCUT2D eigenvalue weighted by atomic mass is 10.2. The van der Waals surface area contributed by atoms with Crippen LogP contribution in [0.25, 0.3) is 0 Å². The number of carbonyl (C=O) groups is 2. The summed E-state index contributed by atoms with van der Waals surface area (Å²) >= 11 is 2.12. The van der Waals surface area contributed by atoms with Crippen LogP contribution < -0.4 is 5.32 Å². The SMILES string of the molecule is C[Si](C)(C)CC(NC(=O)c1cccc(I)c1)C(=O)O. The first-order chi connectivity index (χ1) is 8.69. The van der Waals surface area contributed by atoms with Gasteiger partial charge in [0, 0.05) is 17.2 Å². The fraction of sp³-hybridized carbons (Fsp3) is 0.385. The van der Waals surface area contributed by atoms with Gasteiger partial charge in [-0.3, -0.25) is 9.59 Å². The summed E-state index contributed by atoms with van der Waals surface area (Å²) < 4.78 is 0.947. The number of carbonyl (C=O) groups excluding carboxylic acids is 1. The van der Waals surface area contributed by atoms with Gasteiger partial charge in [0.1, 0.15) is 6.04 Å². The molecule has 0 aliphatic rings. The average molecular weight is 391 g/mol. The van der Waals surface area contributed by atoms with Gasteiger partial charge in [0.15, 0.2) is 0 Å². The summed E-state index contributed by atoms with van der Waals surface area (Å²) in [5, 5.41) is 11.8. The Balaban J connectivity index is 2.80. The molecule has 104 valence electrons. The van der Waals surface area contributed by atoms with Gasteiger partial charge in [0.2, 0.25) is 0 Å². The molecule has 1 amide bonds. The minimum Gasteiger partial charge on any atom is -0.480 e. The molecule has 0 fully saturated rings. The van der Waals surface area contributed by atoms with Crippen LogP contribution in [0.15, 0.2) is 24.3 Å². The monoisotopic (exact) mass is 391 g/mol. The minimum absolute atomic E-state index is 0.329. The number of hydrogen-bond acceptors (Lipinski definition) is 2. The van der Waals surface area contributed by atoms with Crippen LogP contribution in [0.1, 0.15) is 10.4 Å². The highest BCUT2D eigenvalue weighted by atomic mass is 127. The molecule has 0 aliphatic carbocycles. The van der Waals surface area contributed by atoms with Crippen LogP contribution in [-0.4, -0.2) is 31.1 Å². The molecule has 0 spiro atoms. The van der Waals surface area contributed by atoms with Crippen molar-refractivity contribution in [1.82, 2.24) is 5.32 Å². The average Bonchev–Trinajstić information content (AvgIpc) is 2.26. The Morgan fingerprint density at radius 3 is 2.47 bits per heavy atom. The van der Waals surface area contributed by atoms with Crippen molar-refractivity contribution in [1.29, 1.82) is 0 Å². The van der Waals surface area contributed by atoms with Crippen LogP contribution in [-0.2, 0) is 4.79 Å². The van der Waals surface area contributed by atoms with Crippen LogP contribution in [0.4, 0.5) is 0 Å². The van der Waals surface area contributed by atoms with Crippen molar-refractivity contribution >= 4 is 42.5 Å². The second-order valence-electron chi connectivity index (χ2n) is 5.64. The number of halogens is 1. The van der Waals surface area contributed by atoms with E-state index in [0.29, 0.717) is 11.6 Å². The third kappa shape index (κ3) is 5.73. The van der Waals surface area contributed by atoms with E-state index >= 15 is 0 Å². The van der Waals surface area contributed by atoms with Crippen molar-refractivity contribution in [3.05, 3.63) is 33.4 Å². The number of carboxylic acid groups (broad SMARTS) is 1. The Hall–Kier alpha value is -0.893.